The van der Waals surface area contributed by atoms with E-state index in [2.05, 4.69) is 32.0 Å². The molecule has 0 aliphatic carbocycles. The SMILES string of the molecule is CCCC(C)CC1(CN)CCOc2ccccc21. The molecule has 1 aromatic rings. The summed E-state index contributed by atoms with van der Waals surface area (Å²) < 4.78 is 5.77. The van der Waals surface area contributed by atoms with Gasteiger partial charge in [0.05, 0.1) is 6.61 Å². The number of nitrogens with two attached hydrogens (primary N) is 1. The van der Waals surface area contributed by atoms with Crippen molar-refractivity contribution >= 4 is 0 Å². The van der Waals surface area contributed by atoms with Crippen LogP contribution in [0.5, 0.6) is 5.75 Å². The van der Waals surface area contributed by atoms with E-state index in [4.69, 9.17) is 10.5 Å². The molecule has 100 valence electrons. The Bertz CT molecular complexity index is 390. The topological polar surface area (TPSA) is 35.2 Å². The van der Waals surface area contributed by atoms with Gasteiger partial charge in [0.1, 0.15) is 5.75 Å². The molecule has 0 saturated heterocycles. The summed E-state index contributed by atoms with van der Waals surface area (Å²) in [5.41, 5.74) is 7.59. The summed E-state index contributed by atoms with van der Waals surface area (Å²) in [6, 6.07) is 8.41. The summed E-state index contributed by atoms with van der Waals surface area (Å²) in [7, 11) is 0. The monoisotopic (exact) mass is 247 g/mol. The Kier molecular flexibility index (Phi) is 4.28. The Morgan fingerprint density at radius 1 is 1.39 bits per heavy atom. The van der Waals surface area contributed by atoms with Crippen molar-refractivity contribution in [3.8, 4) is 5.75 Å². The molecule has 1 aliphatic heterocycles. The minimum Gasteiger partial charge on any atom is -0.493 e. The molecule has 1 aliphatic rings. The second-order valence-corrected chi connectivity index (χ2v) is 5.68. The van der Waals surface area contributed by atoms with E-state index in [0.717, 1.165) is 31.2 Å². The van der Waals surface area contributed by atoms with Crippen molar-refractivity contribution in [2.75, 3.05) is 13.2 Å². The van der Waals surface area contributed by atoms with Crippen molar-refractivity contribution in [3.05, 3.63) is 29.8 Å². The van der Waals surface area contributed by atoms with Crippen LogP contribution in [0.3, 0.4) is 0 Å². The zero-order valence-corrected chi connectivity index (χ0v) is 11.6. The maximum atomic E-state index is 6.14. The average molecular weight is 247 g/mol. The van der Waals surface area contributed by atoms with Crippen LogP contribution in [0.1, 0.15) is 45.1 Å². The van der Waals surface area contributed by atoms with Gasteiger partial charge in [-0.15, -0.1) is 0 Å². The lowest BCUT2D eigenvalue weighted by atomic mass is 9.70. The van der Waals surface area contributed by atoms with Crippen LogP contribution in [0.15, 0.2) is 24.3 Å². The Hall–Kier alpha value is -1.02. The first-order valence-corrected chi connectivity index (χ1v) is 7.14. The van der Waals surface area contributed by atoms with Gasteiger partial charge >= 0.3 is 0 Å². The fraction of sp³-hybridized carbons (Fsp3) is 0.625. The molecule has 2 heteroatoms. The molecule has 2 nitrogen and oxygen atoms in total. The molecule has 2 rings (SSSR count). The third kappa shape index (κ3) is 2.54. The average Bonchev–Trinajstić information content (AvgIpc) is 2.39. The molecule has 2 atom stereocenters. The Morgan fingerprint density at radius 2 is 2.17 bits per heavy atom. The van der Waals surface area contributed by atoms with Crippen LogP contribution in [0.25, 0.3) is 0 Å². The smallest absolute Gasteiger partial charge is 0.123 e. The van der Waals surface area contributed by atoms with E-state index in [1.54, 1.807) is 0 Å². The lowest BCUT2D eigenvalue weighted by Crippen LogP contribution is -2.41. The summed E-state index contributed by atoms with van der Waals surface area (Å²) in [6.45, 7) is 6.12. The number of hydrogen-bond donors (Lipinski definition) is 1. The highest BCUT2D eigenvalue weighted by Crippen LogP contribution is 2.42. The normalized spacial score (nSPS) is 24.2. The third-order valence-corrected chi connectivity index (χ3v) is 4.21. The predicted molar refractivity (Wildman–Crippen MR) is 76.0 cm³/mol. The van der Waals surface area contributed by atoms with Crippen molar-refractivity contribution in [1.82, 2.24) is 0 Å². The van der Waals surface area contributed by atoms with Gasteiger partial charge in [0.2, 0.25) is 0 Å². The van der Waals surface area contributed by atoms with Crippen molar-refractivity contribution in [2.45, 2.75) is 44.9 Å². The van der Waals surface area contributed by atoms with Crippen LogP contribution < -0.4 is 10.5 Å². The first kappa shape index (κ1) is 13.4. The number of rotatable bonds is 5. The number of hydrogen-bond acceptors (Lipinski definition) is 2. The van der Waals surface area contributed by atoms with Gasteiger partial charge in [0, 0.05) is 17.5 Å². The van der Waals surface area contributed by atoms with Gasteiger partial charge in [-0.05, 0) is 24.8 Å². The summed E-state index contributed by atoms with van der Waals surface area (Å²) in [6.07, 6.45) is 4.76. The number of para-hydroxylation sites is 1. The fourth-order valence-corrected chi connectivity index (χ4v) is 3.29. The summed E-state index contributed by atoms with van der Waals surface area (Å²) in [5, 5.41) is 0. The van der Waals surface area contributed by atoms with E-state index < -0.39 is 0 Å². The molecule has 18 heavy (non-hydrogen) atoms. The van der Waals surface area contributed by atoms with Crippen LogP contribution >= 0.6 is 0 Å². The van der Waals surface area contributed by atoms with Crippen LogP contribution in [0.2, 0.25) is 0 Å². The van der Waals surface area contributed by atoms with Gasteiger partial charge in [-0.25, -0.2) is 0 Å². The van der Waals surface area contributed by atoms with Crippen LogP contribution in [0.4, 0.5) is 0 Å². The highest BCUT2D eigenvalue weighted by atomic mass is 16.5. The molecule has 0 saturated carbocycles. The highest BCUT2D eigenvalue weighted by Gasteiger charge is 2.37. The second kappa shape index (κ2) is 5.75. The quantitative estimate of drug-likeness (QED) is 0.864. The third-order valence-electron chi connectivity index (χ3n) is 4.21. The standard InChI is InChI=1S/C16H25NO/c1-3-6-13(2)11-16(12-17)9-10-18-15-8-5-4-7-14(15)16/h4-5,7-8,13H,3,6,9-12,17H2,1-2H3. The van der Waals surface area contributed by atoms with E-state index in [1.807, 2.05) is 6.07 Å². The van der Waals surface area contributed by atoms with Crippen molar-refractivity contribution in [1.29, 1.82) is 0 Å². The molecule has 1 heterocycles. The maximum absolute atomic E-state index is 6.14. The molecule has 2 N–H and O–H groups in total. The van der Waals surface area contributed by atoms with Gasteiger partial charge in [0.25, 0.3) is 0 Å². The zero-order valence-electron chi connectivity index (χ0n) is 11.6. The Balaban J connectivity index is 2.27. The molecule has 0 aromatic heterocycles. The van der Waals surface area contributed by atoms with Crippen LogP contribution in [0, 0.1) is 5.92 Å². The van der Waals surface area contributed by atoms with Crippen molar-refractivity contribution in [3.63, 3.8) is 0 Å². The van der Waals surface area contributed by atoms with Gasteiger partial charge in [-0.3, -0.25) is 0 Å². The molecule has 0 radical (unpaired) electrons. The molecule has 1 aromatic carbocycles. The highest BCUT2D eigenvalue weighted by molar-refractivity contribution is 5.41. The minimum atomic E-state index is 0.128. The molecule has 0 amide bonds. The summed E-state index contributed by atoms with van der Waals surface area (Å²) in [4.78, 5) is 0. The largest absolute Gasteiger partial charge is 0.493 e. The van der Waals surface area contributed by atoms with Crippen LogP contribution in [-0.2, 0) is 5.41 Å². The van der Waals surface area contributed by atoms with Crippen molar-refractivity contribution in [2.24, 2.45) is 11.7 Å². The zero-order chi connectivity index (χ0) is 13.0. The van der Waals surface area contributed by atoms with Crippen molar-refractivity contribution < 1.29 is 4.74 Å². The van der Waals surface area contributed by atoms with Gasteiger partial charge in [-0.2, -0.15) is 0 Å². The number of benzene rings is 1. The first-order chi connectivity index (χ1) is 8.72. The van der Waals surface area contributed by atoms with E-state index in [9.17, 15) is 0 Å². The lowest BCUT2D eigenvalue weighted by Gasteiger charge is -2.40. The van der Waals surface area contributed by atoms with E-state index >= 15 is 0 Å². The molecule has 2 unspecified atom stereocenters. The molecular weight excluding hydrogens is 222 g/mol. The predicted octanol–water partition coefficient (Wildman–Crippen LogP) is 3.49. The molecule has 0 fully saturated rings. The number of ether oxygens (including phenoxy) is 1. The summed E-state index contributed by atoms with van der Waals surface area (Å²) in [5.74, 6) is 1.77. The number of fused-ring (bicyclic) bond motifs is 1. The van der Waals surface area contributed by atoms with E-state index in [1.165, 1.54) is 24.8 Å². The molecule has 0 bridgehead atoms. The van der Waals surface area contributed by atoms with E-state index in [0.29, 0.717) is 0 Å². The Morgan fingerprint density at radius 3 is 2.89 bits per heavy atom. The molecule has 0 spiro atoms. The van der Waals surface area contributed by atoms with Gasteiger partial charge in [-0.1, -0.05) is 44.9 Å². The fourth-order valence-electron chi connectivity index (χ4n) is 3.29. The van der Waals surface area contributed by atoms with Gasteiger partial charge < -0.3 is 10.5 Å². The van der Waals surface area contributed by atoms with Gasteiger partial charge in [0.15, 0.2) is 0 Å². The maximum Gasteiger partial charge on any atom is 0.123 e. The lowest BCUT2D eigenvalue weighted by molar-refractivity contribution is 0.190. The van der Waals surface area contributed by atoms with Crippen LogP contribution in [-0.4, -0.2) is 13.2 Å². The summed E-state index contributed by atoms with van der Waals surface area (Å²) >= 11 is 0. The minimum absolute atomic E-state index is 0.128. The second-order valence-electron chi connectivity index (χ2n) is 5.68. The molecular formula is C16H25NO. The first-order valence-electron chi connectivity index (χ1n) is 7.14. The van der Waals surface area contributed by atoms with E-state index in [-0.39, 0.29) is 5.41 Å². The Labute approximate surface area is 111 Å².